The fraction of sp³-hybridized carbons (Fsp3) is 1.00. The van der Waals surface area contributed by atoms with E-state index in [0.717, 1.165) is 6.42 Å². The van der Waals surface area contributed by atoms with E-state index in [1.54, 1.807) is 0 Å². The summed E-state index contributed by atoms with van der Waals surface area (Å²) in [5.74, 6) is 0.333. The topological polar surface area (TPSA) is 44.0 Å². The van der Waals surface area contributed by atoms with Crippen LogP contribution in [0.5, 0.6) is 0 Å². The van der Waals surface area contributed by atoms with Gasteiger partial charge in [0, 0.05) is 6.04 Å². The van der Waals surface area contributed by atoms with Gasteiger partial charge in [0.2, 0.25) is 0 Å². The van der Waals surface area contributed by atoms with Crippen LogP contribution in [0.25, 0.3) is 0 Å². The molecule has 2 N–H and O–H groups in total. The van der Waals surface area contributed by atoms with E-state index in [2.05, 4.69) is 0 Å². The van der Waals surface area contributed by atoms with Crippen LogP contribution >= 0.6 is 0 Å². The highest BCUT2D eigenvalue weighted by Crippen LogP contribution is 2.04. The van der Waals surface area contributed by atoms with Crippen LogP contribution < -0.4 is 5.73 Å². The Morgan fingerprint density at radius 1 is 1.62 bits per heavy atom. The molecule has 0 bridgehead atoms. The van der Waals surface area contributed by atoms with Gasteiger partial charge in [0.05, 0.1) is 6.61 Å². The summed E-state index contributed by atoms with van der Waals surface area (Å²) in [7, 11) is 0. The molecule has 8 heavy (non-hydrogen) atoms. The average molecular weight is 116 g/mol. The van der Waals surface area contributed by atoms with Crippen LogP contribution in [0.1, 0.15) is 20.3 Å². The third kappa shape index (κ3) is 2.28. The lowest BCUT2D eigenvalue weighted by molar-refractivity contribution is 0.226. The highest BCUT2D eigenvalue weighted by molar-refractivity contribution is 4.64. The molecular formula is C6H14NO. The number of rotatable bonds is 3. The zero-order valence-electron chi connectivity index (χ0n) is 5.52. The Bertz CT molecular complexity index is 48.5. The van der Waals surface area contributed by atoms with Gasteiger partial charge in [-0.3, -0.25) is 5.73 Å². The smallest absolute Gasteiger partial charge is 0.0600 e. The lowest BCUT2D eigenvalue weighted by Gasteiger charge is -2.12. The lowest BCUT2D eigenvalue weighted by atomic mass is 10.0. The predicted molar refractivity (Wildman–Crippen MR) is 33.4 cm³/mol. The van der Waals surface area contributed by atoms with Crippen molar-refractivity contribution in [3.63, 3.8) is 0 Å². The summed E-state index contributed by atoms with van der Waals surface area (Å²) in [6.45, 7) is 4.00. The molecule has 0 aliphatic carbocycles. The lowest BCUT2D eigenvalue weighted by Crippen LogP contribution is -2.22. The summed E-state index contributed by atoms with van der Waals surface area (Å²) in [5.41, 5.74) is 7.18. The molecule has 0 aliphatic heterocycles. The minimum absolute atomic E-state index is 0.00495. The van der Waals surface area contributed by atoms with Crippen LogP contribution in [0.4, 0.5) is 0 Å². The Hall–Kier alpha value is -0.0800. The van der Waals surface area contributed by atoms with E-state index < -0.39 is 0 Å². The van der Waals surface area contributed by atoms with Crippen molar-refractivity contribution in [3.05, 3.63) is 0 Å². The zero-order valence-corrected chi connectivity index (χ0v) is 5.52. The van der Waals surface area contributed by atoms with E-state index in [1.165, 1.54) is 0 Å². The van der Waals surface area contributed by atoms with Crippen molar-refractivity contribution in [2.75, 3.05) is 6.61 Å². The number of aliphatic hydroxyl groups is 1. The summed E-state index contributed by atoms with van der Waals surface area (Å²) < 4.78 is 0. The van der Waals surface area contributed by atoms with Crippen molar-refractivity contribution in [3.8, 4) is 0 Å². The summed E-state index contributed by atoms with van der Waals surface area (Å²) >= 11 is 0. The molecule has 0 fully saturated rings. The minimum Gasteiger partial charge on any atom is -0.395 e. The van der Waals surface area contributed by atoms with Crippen molar-refractivity contribution >= 4 is 0 Å². The maximum Gasteiger partial charge on any atom is 0.0600 e. The molecule has 0 amide bonds. The quantitative estimate of drug-likeness (QED) is 0.579. The molecule has 49 valence electrons. The summed E-state index contributed by atoms with van der Waals surface area (Å²) in [4.78, 5) is 0. The van der Waals surface area contributed by atoms with E-state index in [4.69, 9.17) is 10.8 Å². The Morgan fingerprint density at radius 2 is 2.12 bits per heavy atom. The first-order chi connectivity index (χ1) is 3.72. The third-order valence-electron chi connectivity index (χ3n) is 1.53. The number of hydrogen-bond acceptors (Lipinski definition) is 1. The van der Waals surface area contributed by atoms with E-state index in [1.807, 2.05) is 13.8 Å². The summed E-state index contributed by atoms with van der Waals surface area (Å²) in [6.07, 6.45) is 0.981. The van der Waals surface area contributed by atoms with Crippen LogP contribution in [0.15, 0.2) is 0 Å². The summed E-state index contributed by atoms with van der Waals surface area (Å²) in [5, 5.41) is 8.45. The average Bonchev–Trinajstić information content (AvgIpc) is 1.84. The molecule has 0 aliphatic rings. The van der Waals surface area contributed by atoms with Gasteiger partial charge in [0.1, 0.15) is 0 Å². The van der Waals surface area contributed by atoms with Gasteiger partial charge in [-0.1, -0.05) is 20.3 Å². The fourth-order valence-corrected chi connectivity index (χ4v) is 0.464. The van der Waals surface area contributed by atoms with Crippen LogP contribution in [-0.2, 0) is 0 Å². The van der Waals surface area contributed by atoms with Gasteiger partial charge in [-0.2, -0.15) is 0 Å². The van der Waals surface area contributed by atoms with E-state index in [9.17, 15) is 0 Å². The first-order valence-electron chi connectivity index (χ1n) is 3.04. The summed E-state index contributed by atoms with van der Waals surface area (Å²) in [6, 6.07) is -0.278. The van der Waals surface area contributed by atoms with Crippen LogP contribution in [0, 0.1) is 5.92 Å². The van der Waals surface area contributed by atoms with Gasteiger partial charge < -0.3 is 5.11 Å². The highest BCUT2D eigenvalue weighted by atomic mass is 16.3. The normalized spacial score (nSPS) is 18.0. The number of aliphatic hydroxyl groups excluding tert-OH is 1. The van der Waals surface area contributed by atoms with Gasteiger partial charge in [0.25, 0.3) is 0 Å². The Morgan fingerprint density at radius 3 is 2.25 bits per heavy atom. The second-order valence-electron chi connectivity index (χ2n) is 2.17. The zero-order chi connectivity index (χ0) is 6.57. The standard InChI is InChI=1S/C6H14NO/c1-3-5(2)6(7)4-8/h5-8H,3-4H2,1-2H3/t5?,6-/m1/s1. The van der Waals surface area contributed by atoms with Crippen LogP contribution in [0.2, 0.25) is 0 Å². The Balaban J connectivity index is 3.29. The van der Waals surface area contributed by atoms with Crippen molar-refractivity contribution in [2.45, 2.75) is 26.3 Å². The predicted octanol–water partition coefficient (Wildman–Crippen LogP) is 0.676. The van der Waals surface area contributed by atoms with Crippen molar-refractivity contribution in [1.82, 2.24) is 5.73 Å². The van der Waals surface area contributed by atoms with E-state index in [0.29, 0.717) is 5.92 Å². The van der Waals surface area contributed by atoms with Crippen molar-refractivity contribution in [1.29, 1.82) is 0 Å². The molecule has 2 heteroatoms. The van der Waals surface area contributed by atoms with Gasteiger partial charge in [-0.15, -0.1) is 0 Å². The SMILES string of the molecule is CCC(C)[C@H]([NH])CO. The molecular weight excluding hydrogens is 102 g/mol. The Labute approximate surface area is 50.7 Å². The first-order valence-corrected chi connectivity index (χ1v) is 3.04. The Kier molecular flexibility index (Phi) is 3.83. The molecule has 1 unspecified atom stereocenters. The minimum atomic E-state index is -0.278. The van der Waals surface area contributed by atoms with Crippen molar-refractivity contribution < 1.29 is 5.11 Å². The largest absolute Gasteiger partial charge is 0.395 e. The maximum atomic E-state index is 8.45. The molecule has 1 radical (unpaired) electrons. The fourth-order valence-electron chi connectivity index (χ4n) is 0.464. The van der Waals surface area contributed by atoms with Crippen LogP contribution in [-0.4, -0.2) is 17.8 Å². The third-order valence-corrected chi connectivity index (χ3v) is 1.53. The first kappa shape index (κ1) is 7.92. The highest BCUT2D eigenvalue weighted by Gasteiger charge is 2.08. The van der Waals surface area contributed by atoms with Crippen LogP contribution in [0.3, 0.4) is 0 Å². The maximum absolute atomic E-state index is 8.45. The van der Waals surface area contributed by atoms with Gasteiger partial charge in [0.15, 0.2) is 0 Å². The molecule has 2 nitrogen and oxygen atoms in total. The molecule has 0 aromatic carbocycles. The molecule has 0 aromatic heterocycles. The van der Waals surface area contributed by atoms with Crippen molar-refractivity contribution in [2.24, 2.45) is 5.92 Å². The van der Waals surface area contributed by atoms with Gasteiger partial charge in [-0.25, -0.2) is 0 Å². The monoisotopic (exact) mass is 116 g/mol. The van der Waals surface area contributed by atoms with E-state index >= 15 is 0 Å². The van der Waals surface area contributed by atoms with E-state index in [-0.39, 0.29) is 12.6 Å². The molecule has 0 aromatic rings. The molecule has 0 saturated heterocycles. The second kappa shape index (κ2) is 3.87. The van der Waals surface area contributed by atoms with Gasteiger partial charge in [-0.05, 0) is 5.92 Å². The van der Waals surface area contributed by atoms with Gasteiger partial charge >= 0.3 is 0 Å². The molecule has 0 saturated carbocycles. The molecule has 0 rings (SSSR count). The second-order valence-corrected chi connectivity index (χ2v) is 2.17. The molecule has 0 spiro atoms. The number of nitrogens with one attached hydrogen (secondary N) is 1. The molecule has 0 heterocycles. The molecule has 2 atom stereocenters. The number of hydrogen-bond donors (Lipinski definition) is 1.